The van der Waals surface area contributed by atoms with Crippen LogP contribution in [-0.2, 0) is 6.54 Å². The minimum absolute atomic E-state index is 0. The normalized spacial score (nSPS) is 18.3. The Kier molecular flexibility index (Phi) is 10.0. The lowest BCUT2D eigenvalue weighted by Gasteiger charge is -2.27. The maximum absolute atomic E-state index is 13.0. The van der Waals surface area contributed by atoms with Crippen molar-refractivity contribution in [1.29, 1.82) is 0 Å². The number of aromatic nitrogens is 2. The standard InChI is InChI=1S/C23H31N5O2.2ClH/c1-17-9-13-28(16-18-6-5-10-24-14-18)23(30)21(17)22(29)26-19-7-8-20(25-15-19)27-11-3-2-4-12-27;;/h7-9,13,15,18,24H,2-6,10-12,14,16H2,1H3,(H,26,29);2*1H. The Labute approximate surface area is 201 Å². The Morgan fingerprint density at radius 2 is 1.94 bits per heavy atom. The van der Waals surface area contributed by atoms with Gasteiger partial charge in [0.15, 0.2) is 0 Å². The number of pyridine rings is 2. The third-order valence-electron chi connectivity index (χ3n) is 6.14. The van der Waals surface area contributed by atoms with Crippen molar-refractivity contribution in [3.63, 3.8) is 0 Å². The van der Waals surface area contributed by atoms with Crippen LogP contribution in [0.3, 0.4) is 0 Å². The molecule has 1 atom stereocenters. The lowest BCUT2D eigenvalue weighted by Crippen LogP contribution is -2.36. The predicted molar refractivity (Wildman–Crippen MR) is 134 cm³/mol. The molecule has 2 saturated heterocycles. The summed E-state index contributed by atoms with van der Waals surface area (Å²) < 4.78 is 1.68. The molecule has 0 bridgehead atoms. The summed E-state index contributed by atoms with van der Waals surface area (Å²) in [6, 6.07) is 5.65. The zero-order valence-corrected chi connectivity index (χ0v) is 20.1. The topological polar surface area (TPSA) is 79.3 Å². The van der Waals surface area contributed by atoms with Gasteiger partial charge in [0.05, 0.1) is 11.9 Å². The van der Waals surface area contributed by atoms with Crippen LogP contribution in [0.15, 0.2) is 35.4 Å². The molecule has 2 aromatic rings. The van der Waals surface area contributed by atoms with E-state index in [1.807, 2.05) is 18.2 Å². The van der Waals surface area contributed by atoms with Gasteiger partial charge in [-0.25, -0.2) is 4.98 Å². The molecule has 0 radical (unpaired) electrons. The third-order valence-corrected chi connectivity index (χ3v) is 6.14. The smallest absolute Gasteiger partial charge is 0.263 e. The Morgan fingerprint density at radius 1 is 1.16 bits per heavy atom. The van der Waals surface area contributed by atoms with Gasteiger partial charge in [0, 0.05) is 25.8 Å². The molecule has 7 nitrogen and oxygen atoms in total. The zero-order chi connectivity index (χ0) is 20.9. The fourth-order valence-corrected chi connectivity index (χ4v) is 4.41. The van der Waals surface area contributed by atoms with Crippen molar-refractivity contribution >= 4 is 42.2 Å². The van der Waals surface area contributed by atoms with Crippen LogP contribution in [0.2, 0.25) is 0 Å². The molecule has 2 fully saturated rings. The molecule has 2 N–H and O–H groups in total. The van der Waals surface area contributed by atoms with Gasteiger partial charge in [-0.1, -0.05) is 0 Å². The number of nitrogens with zero attached hydrogens (tertiary/aromatic N) is 3. The molecule has 1 amide bonds. The van der Waals surface area contributed by atoms with Crippen LogP contribution in [0.1, 0.15) is 48.0 Å². The highest BCUT2D eigenvalue weighted by Gasteiger charge is 2.19. The van der Waals surface area contributed by atoms with Crippen molar-refractivity contribution in [2.24, 2.45) is 5.92 Å². The number of hydrogen-bond donors (Lipinski definition) is 2. The molecule has 4 heterocycles. The van der Waals surface area contributed by atoms with Crippen LogP contribution in [0.5, 0.6) is 0 Å². The Balaban J connectivity index is 0.00000181. The second-order valence-electron chi connectivity index (χ2n) is 8.45. The fourth-order valence-electron chi connectivity index (χ4n) is 4.41. The van der Waals surface area contributed by atoms with E-state index in [0.717, 1.165) is 44.8 Å². The number of anilines is 2. The summed E-state index contributed by atoms with van der Waals surface area (Å²) in [5.74, 6) is 0.981. The molecule has 0 saturated carbocycles. The van der Waals surface area contributed by atoms with Gasteiger partial charge >= 0.3 is 0 Å². The first-order chi connectivity index (χ1) is 14.6. The molecule has 32 heavy (non-hydrogen) atoms. The number of amides is 1. The van der Waals surface area contributed by atoms with Crippen LogP contribution < -0.4 is 21.1 Å². The first-order valence-corrected chi connectivity index (χ1v) is 11.0. The van der Waals surface area contributed by atoms with Gasteiger partial charge in [0.25, 0.3) is 11.5 Å². The van der Waals surface area contributed by atoms with Gasteiger partial charge in [-0.05, 0) is 81.8 Å². The molecule has 1 unspecified atom stereocenters. The number of halogens is 2. The molecule has 176 valence electrons. The maximum atomic E-state index is 13.0. The molecular weight excluding hydrogens is 449 g/mol. The first-order valence-electron chi connectivity index (χ1n) is 11.0. The highest BCUT2D eigenvalue weighted by atomic mass is 35.5. The summed E-state index contributed by atoms with van der Waals surface area (Å²) in [5.41, 5.74) is 1.28. The van der Waals surface area contributed by atoms with E-state index in [1.54, 1.807) is 23.9 Å². The largest absolute Gasteiger partial charge is 0.357 e. The van der Waals surface area contributed by atoms with Crippen molar-refractivity contribution in [3.8, 4) is 0 Å². The number of piperidine rings is 2. The molecule has 0 aliphatic carbocycles. The van der Waals surface area contributed by atoms with E-state index in [-0.39, 0.29) is 41.8 Å². The molecule has 4 rings (SSSR count). The monoisotopic (exact) mass is 481 g/mol. The quantitative estimate of drug-likeness (QED) is 0.681. The average molecular weight is 482 g/mol. The number of carbonyl (C=O) groups excluding carboxylic acids is 1. The molecular formula is C23H33Cl2N5O2. The van der Waals surface area contributed by atoms with Gasteiger partial charge in [-0.3, -0.25) is 9.59 Å². The molecule has 2 aromatic heterocycles. The first kappa shape index (κ1) is 26.2. The summed E-state index contributed by atoms with van der Waals surface area (Å²) in [4.78, 5) is 32.7. The van der Waals surface area contributed by atoms with Gasteiger partial charge in [0.1, 0.15) is 11.4 Å². The highest BCUT2D eigenvalue weighted by molar-refractivity contribution is 6.04. The summed E-state index contributed by atoms with van der Waals surface area (Å²) in [6.07, 6.45) is 9.36. The van der Waals surface area contributed by atoms with Crippen molar-refractivity contribution < 1.29 is 4.79 Å². The Hall–Kier alpha value is -2.09. The fraction of sp³-hybridized carbons (Fsp3) is 0.522. The van der Waals surface area contributed by atoms with Crippen molar-refractivity contribution in [3.05, 3.63) is 52.1 Å². The average Bonchev–Trinajstić information content (AvgIpc) is 2.78. The summed E-state index contributed by atoms with van der Waals surface area (Å²) in [6.45, 7) is 6.45. The summed E-state index contributed by atoms with van der Waals surface area (Å²) in [7, 11) is 0. The van der Waals surface area contributed by atoms with Crippen LogP contribution in [0, 0.1) is 12.8 Å². The second kappa shape index (κ2) is 12.2. The lowest BCUT2D eigenvalue weighted by atomic mass is 9.99. The second-order valence-corrected chi connectivity index (χ2v) is 8.45. The Bertz CT molecular complexity index is 936. The van der Waals surface area contributed by atoms with E-state index >= 15 is 0 Å². The maximum Gasteiger partial charge on any atom is 0.263 e. The van der Waals surface area contributed by atoms with E-state index < -0.39 is 0 Å². The summed E-state index contributed by atoms with van der Waals surface area (Å²) >= 11 is 0. The summed E-state index contributed by atoms with van der Waals surface area (Å²) in [5, 5.41) is 6.23. The molecule has 2 aliphatic rings. The van der Waals surface area contributed by atoms with Crippen LogP contribution in [0.4, 0.5) is 11.5 Å². The molecule has 0 spiro atoms. The lowest BCUT2D eigenvalue weighted by molar-refractivity contribution is 0.102. The van der Waals surface area contributed by atoms with Gasteiger partial charge in [-0.2, -0.15) is 0 Å². The van der Waals surface area contributed by atoms with E-state index in [4.69, 9.17) is 0 Å². The minimum atomic E-state index is -0.374. The van der Waals surface area contributed by atoms with Crippen molar-refractivity contribution in [2.45, 2.75) is 45.6 Å². The van der Waals surface area contributed by atoms with Gasteiger partial charge < -0.3 is 20.1 Å². The SMILES string of the molecule is Cc1ccn(CC2CCCNC2)c(=O)c1C(=O)Nc1ccc(N2CCCCC2)nc1.Cl.Cl. The van der Waals surface area contributed by atoms with Gasteiger partial charge in [0.2, 0.25) is 0 Å². The van der Waals surface area contributed by atoms with E-state index in [1.165, 1.54) is 19.3 Å². The van der Waals surface area contributed by atoms with E-state index in [0.29, 0.717) is 23.7 Å². The predicted octanol–water partition coefficient (Wildman–Crippen LogP) is 3.64. The Morgan fingerprint density at radius 3 is 2.59 bits per heavy atom. The highest BCUT2D eigenvalue weighted by Crippen LogP contribution is 2.19. The van der Waals surface area contributed by atoms with E-state index in [2.05, 4.69) is 20.5 Å². The van der Waals surface area contributed by atoms with Crippen LogP contribution >= 0.6 is 24.8 Å². The van der Waals surface area contributed by atoms with Crippen molar-refractivity contribution in [1.82, 2.24) is 14.9 Å². The third kappa shape index (κ3) is 6.24. The number of carbonyl (C=O) groups is 1. The minimum Gasteiger partial charge on any atom is -0.357 e. The molecule has 0 aromatic carbocycles. The molecule has 2 aliphatic heterocycles. The number of aryl methyl sites for hydroxylation is 1. The van der Waals surface area contributed by atoms with Crippen LogP contribution in [-0.4, -0.2) is 41.6 Å². The van der Waals surface area contributed by atoms with Gasteiger partial charge in [-0.15, -0.1) is 24.8 Å². The molecule has 9 heteroatoms. The number of hydrogen-bond acceptors (Lipinski definition) is 5. The van der Waals surface area contributed by atoms with E-state index in [9.17, 15) is 9.59 Å². The number of rotatable bonds is 5. The van der Waals surface area contributed by atoms with Crippen LogP contribution in [0.25, 0.3) is 0 Å². The van der Waals surface area contributed by atoms with Crippen molar-refractivity contribution in [2.75, 3.05) is 36.4 Å². The number of nitrogens with one attached hydrogen (secondary N) is 2. The zero-order valence-electron chi connectivity index (χ0n) is 18.5.